The molecule has 7 heteroatoms. The number of benzene rings is 1. The zero-order chi connectivity index (χ0) is 14.3. The number of anilines is 1. The molecule has 1 atom stereocenters. The number of amides is 2. The SMILES string of the molecule is COC(=O)C(CO)NC(=O)Nc1ccc(OC)cc1. The van der Waals surface area contributed by atoms with E-state index in [0.29, 0.717) is 11.4 Å². The maximum Gasteiger partial charge on any atom is 0.330 e. The van der Waals surface area contributed by atoms with E-state index in [0.717, 1.165) is 0 Å². The second-order valence-electron chi connectivity index (χ2n) is 3.59. The van der Waals surface area contributed by atoms with Crippen molar-refractivity contribution in [3.63, 3.8) is 0 Å². The van der Waals surface area contributed by atoms with E-state index in [1.807, 2.05) is 0 Å². The van der Waals surface area contributed by atoms with Gasteiger partial charge in [-0.15, -0.1) is 0 Å². The van der Waals surface area contributed by atoms with Crippen molar-refractivity contribution < 1.29 is 24.2 Å². The van der Waals surface area contributed by atoms with E-state index in [4.69, 9.17) is 9.84 Å². The summed E-state index contributed by atoms with van der Waals surface area (Å²) in [6.07, 6.45) is 0. The zero-order valence-corrected chi connectivity index (χ0v) is 10.7. The first-order valence-corrected chi connectivity index (χ1v) is 5.51. The van der Waals surface area contributed by atoms with Gasteiger partial charge in [-0.2, -0.15) is 0 Å². The molecule has 1 aromatic rings. The van der Waals surface area contributed by atoms with Crippen LogP contribution in [0.2, 0.25) is 0 Å². The van der Waals surface area contributed by atoms with E-state index in [2.05, 4.69) is 15.4 Å². The minimum Gasteiger partial charge on any atom is -0.497 e. The Bertz CT molecular complexity index is 432. The number of methoxy groups -OCH3 is 2. The van der Waals surface area contributed by atoms with Crippen molar-refractivity contribution in [2.45, 2.75) is 6.04 Å². The Labute approximate surface area is 110 Å². The van der Waals surface area contributed by atoms with Crippen molar-refractivity contribution in [1.29, 1.82) is 0 Å². The number of hydrogen-bond donors (Lipinski definition) is 3. The van der Waals surface area contributed by atoms with Gasteiger partial charge < -0.3 is 25.2 Å². The van der Waals surface area contributed by atoms with E-state index < -0.39 is 24.6 Å². The fourth-order valence-electron chi connectivity index (χ4n) is 1.32. The van der Waals surface area contributed by atoms with E-state index >= 15 is 0 Å². The van der Waals surface area contributed by atoms with Crippen molar-refractivity contribution in [2.75, 3.05) is 26.1 Å². The molecule has 0 saturated heterocycles. The van der Waals surface area contributed by atoms with Crippen molar-refractivity contribution in [2.24, 2.45) is 0 Å². The van der Waals surface area contributed by atoms with Gasteiger partial charge in [-0.3, -0.25) is 0 Å². The first kappa shape index (κ1) is 14.8. The third-order valence-corrected chi connectivity index (χ3v) is 2.32. The molecular formula is C12H16N2O5. The summed E-state index contributed by atoms with van der Waals surface area (Å²) in [4.78, 5) is 22.8. The summed E-state index contributed by atoms with van der Waals surface area (Å²) in [7, 11) is 2.71. The molecular weight excluding hydrogens is 252 g/mol. The molecule has 0 saturated carbocycles. The lowest BCUT2D eigenvalue weighted by molar-refractivity contribution is -0.143. The Kier molecular flexibility index (Phi) is 5.62. The Morgan fingerprint density at radius 2 is 1.89 bits per heavy atom. The molecule has 1 aromatic carbocycles. The maximum absolute atomic E-state index is 11.6. The average molecular weight is 268 g/mol. The summed E-state index contributed by atoms with van der Waals surface area (Å²) in [5.74, 6) is -0.0545. The Morgan fingerprint density at radius 1 is 1.26 bits per heavy atom. The van der Waals surface area contributed by atoms with Crippen LogP contribution in [0.1, 0.15) is 0 Å². The van der Waals surface area contributed by atoms with Crippen LogP contribution < -0.4 is 15.4 Å². The van der Waals surface area contributed by atoms with Gasteiger partial charge in [0.1, 0.15) is 5.75 Å². The number of rotatable bonds is 5. The van der Waals surface area contributed by atoms with Gasteiger partial charge >= 0.3 is 12.0 Å². The topological polar surface area (TPSA) is 96.9 Å². The first-order valence-electron chi connectivity index (χ1n) is 5.51. The lowest BCUT2D eigenvalue weighted by Crippen LogP contribution is -2.45. The summed E-state index contributed by atoms with van der Waals surface area (Å²) in [6.45, 7) is -0.539. The number of hydrogen-bond acceptors (Lipinski definition) is 5. The van der Waals surface area contributed by atoms with Crippen molar-refractivity contribution in [3.8, 4) is 5.75 Å². The molecule has 0 radical (unpaired) electrons. The molecule has 0 aliphatic carbocycles. The number of nitrogens with one attached hydrogen (secondary N) is 2. The van der Waals surface area contributed by atoms with Gasteiger partial charge in [-0.05, 0) is 24.3 Å². The fourth-order valence-corrected chi connectivity index (χ4v) is 1.32. The molecule has 3 N–H and O–H groups in total. The molecule has 0 bridgehead atoms. The molecule has 1 rings (SSSR count). The molecule has 0 aliphatic heterocycles. The molecule has 0 heterocycles. The van der Waals surface area contributed by atoms with Crippen LogP contribution in [0.15, 0.2) is 24.3 Å². The van der Waals surface area contributed by atoms with Gasteiger partial charge in [-0.25, -0.2) is 9.59 Å². The number of ether oxygens (including phenoxy) is 2. The molecule has 104 valence electrons. The van der Waals surface area contributed by atoms with Crippen LogP contribution in [-0.4, -0.2) is 44.0 Å². The molecule has 0 fully saturated rings. The quantitative estimate of drug-likeness (QED) is 0.669. The van der Waals surface area contributed by atoms with Crippen LogP contribution in [0.25, 0.3) is 0 Å². The van der Waals surface area contributed by atoms with Gasteiger partial charge in [0.25, 0.3) is 0 Å². The molecule has 0 spiro atoms. The lowest BCUT2D eigenvalue weighted by Gasteiger charge is -2.14. The Balaban J connectivity index is 2.56. The van der Waals surface area contributed by atoms with Gasteiger partial charge in [0, 0.05) is 5.69 Å². The average Bonchev–Trinajstić information content (AvgIpc) is 2.44. The minimum absolute atomic E-state index is 0.528. The number of aliphatic hydroxyl groups excluding tert-OH is 1. The summed E-state index contributed by atoms with van der Waals surface area (Å²) in [5.41, 5.74) is 0.528. The van der Waals surface area contributed by atoms with E-state index in [1.54, 1.807) is 24.3 Å². The third kappa shape index (κ3) is 4.47. The van der Waals surface area contributed by atoms with Crippen LogP contribution in [0.3, 0.4) is 0 Å². The maximum atomic E-state index is 11.6. The summed E-state index contributed by atoms with van der Waals surface area (Å²) < 4.78 is 9.41. The highest BCUT2D eigenvalue weighted by atomic mass is 16.5. The lowest BCUT2D eigenvalue weighted by atomic mass is 10.3. The summed E-state index contributed by atoms with van der Waals surface area (Å²) >= 11 is 0. The Morgan fingerprint density at radius 3 is 2.37 bits per heavy atom. The third-order valence-electron chi connectivity index (χ3n) is 2.32. The first-order chi connectivity index (χ1) is 9.10. The summed E-state index contributed by atoms with van der Waals surface area (Å²) in [5, 5.41) is 13.8. The molecule has 0 aliphatic rings. The van der Waals surface area contributed by atoms with Crippen molar-refractivity contribution >= 4 is 17.7 Å². The number of carbonyl (C=O) groups is 2. The van der Waals surface area contributed by atoms with Gasteiger partial charge in [0.2, 0.25) is 0 Å². The van der Waals surface area contributed by atoms with Crippen LogP contribution in [0, 0.1) is 0 Å². The molecule has 7 nitrogen and oxygen atoms in total. The normalized spacial score (nSPS) is 11.3. The van der Waals surface area contributed by atoms with Crippen molar-refractivity contribution in [1.82, 2.24) is 5.32 Å². The number of aliphatic hydroxyl groups is 1. The van der Waals surface area contributed by atoms with E-state index in [-0.39, 0.29) is 0 Å². The predicted molar refractivity (Wildman–Crippen MR) is 68.0 cm³/mol. The van der Waals surface area contributed by atoms with Crippen LogP contribution in [0.5, 0.6) is 5.75 Å². The molecule has 0 aromatic heterocycles. The smallest absolute Gasteiger partial charge is 0.330 e. The number of urea groups is 1. The molecule has 19 heavy (non-hydrogen) atoms. The second kappa shape index (κ2) is 7.22. The second-order valence-corrected chi connectivity index (χ2v) is 3.59. The monoisotopic (exact) mass is 268 g/mol. The highest BCUT2D eigenvalue weighted by molar-refractivity contribution is 5.92. The Hall–Kier alpha value is -2.28. The highest BCUT2D eigenvalue weighted by Crippen LogP contribution is 2.14. The minimum atomic E-state index is -1.09. The van der Waals surface area contributed by atoms with Crippen LogP contribution >= 0.6 is 0 Å². The van der Waals surface area contributed by atoms with E-state index in [1.165, 1.54) is 14.2 Å². The van der Waals surface area contributed by atoms with Crippen molar-refractivity contribution in [3.05, 3.63) is 24.3 Å². The fraction of sp³-hybridized carbons (Fsp3) is 0.333. The molecule has 1 unspecified atom stereocenters. The van der Waals surface area contributed by atoms with Gasteiger partial charge in [0.15, 0.2) is 6.04 Å². The largest absolute Gasteiger partial charge is 0.497 e. The van der Waals surface area contributed by atoms with Gasteiger partial charge in [0.05, 0.1) is 20.8 Å². The van der Waals surface area contributed by atoms with Crippen LogP contribution in [-0.2, 0) is 9.53 Å². The standard InChI is InChI=1S/C12H16N2O5/c1-18-9-5-3-8(4-6-9)13-12(17)14-10(7-15)11(16)19-2/h3-6,10,15H,7H2,1-2H3,(H2,13,14,17). The highest BCUT2D eigenvalue weighted by Gasteiger charge is 2.20. The summed E-state index contributed by atoms with van der Waals surface area (Å²) in [6, 6.07) is 4.94. The van der Waals surface area contributed by atoms with Gasteiger partial charge in [-0.1, -0.05) is 0 Å². The van der Waals surface area contributed by atoms with E-state index in [9.17, 15) is 9.59 Å². The zero-order valence-electron chi connectivity index (χ0n) is 10.7. The predicted octanol–water partition coefficient (Wildman–Crippen LogP) is 0.351. The number of esters is 1. The molecule has 2 amide bonds. The number of carbonyl (C=O) groups excluding carboxylic acids is 2. The van der Waals surface area contributed by atoms with Crippen LogP contribution in [0.4, 0.5) is 10.5 Å².